The molecule has 1 aliphatic rings. The van der Waals surface area contributed by atoms with E-state index in [2.05, 4.69) is 101 Å². The van der Waals surface area contributed by atoms with E-state index in [0.29, 0.717) is 0 Å². The number of hydrogen-bond donors (Lipinski definition) is 1. The van der Waals surface area contributed by atoms with E-state index in [-0.39, 0.29) is 12.1 Å². The van der Waals surface area contributed by atoms with Crippen LogP contribution in [0.1, 0.15) is 40.3 Å². The van der Waals surface area contributed by atoms with Gasteiger partial charge in [-0.2, -0.15) is 0 Å². The maximum Gasteiger partial charge on any atom is 0.174 e. The summed E-state index contributed by atoms with van der Waals surface area (Å²) >= 11 is 5.85. The van der Waals surface area contributed by atoms with Crippen molar-refractivity contribution >= 4 is 23.0 Å². The third-order valence-electron chi connectivity index (χ3n) is 6.18. The minimum absolute atomic E-state index is 0.00967. The maximum atomic E-state index is 5.85. The lowest BCUT2D eigenvalue weighted by molar-refractivity contribution is 0.565. The van der Waals surface area contributed by atoms with Crippen molar-refractivity contribution in [1.29, 1.82) is 0 Å². The number of anilines is 1. The Hall–Kier alpha value is -3.44. The number of pyridine rings is 1. The lowest BCUT2D eigenvalue weighted by Crippen LogP contribution is -2.29. The molecule has 160 valence electrons. The molecule has 0 saturated carbocycles. The number of rotatable bonds is 4. The molecule has 3 heterocycles. The molecular formula is C27H26N4S. The molecule has 1 saturated heterocycles. The third-order valence-corrected chi connectivity index (χ3v) is 6.50. The predicted molar refractivity (Wildman–Crippen MR) is 134 cm³/mol. The van der Waals surface area contributed by atoms with Crippen molar-refractivity contribution in [3.05, 3.63) is 113 Å². The number of thiocarbonyl (C=S) groups is 1. The molecule has 4 nitrogen and oxygen atoms in total. The van der Waals surface area contributed by atoms with E-state index in [1.54, 1.807) is 0 Å². The SMILES string of the molecule is Cc1cccc(-n2c(C)cc([C@H]3[C@H](c4ccccn4)NC(=S)N3c3ccccc3)c2C)c1. The molecule has 5 heteroatoms. The second-order valence-electron chi connectivity index (χ2n) is 8.33. The number of para-hydroxylation sites is 1. The molecule has 0 unspecified atom stereocenters. The van der Waals surface area contributed by atoms with Gasteiger partial charge < -0.3 is 14.8 Å². The summed E-state index contributed by atoms with van der Waals surface area (Å²) in [5.41, 5.74) is 8.15. The largest absolute Gasteiger partial charge is 0.351 e. The van der Waals surface area contributed by atoms with E-state index in [9.17, 15) is 0 Å². The van der Waals surface area contributed by atoms with Crippen molar-refractivity contribution in [3.8, 4) is 5.69 Å². The first kappa shape index (κ1) is 20.5. The summed E-state index contributed by atoms with van der Waals surface area (Å²) in [5.74, 6) is 0. The van der Waals surface area contributed by atoms with Gasteiger partial charge in [-0.25, -0.2) is 0 Å². The molecule has 2 aromatic carbocycles. The van der Waals surface area contributed by atoms with Gasteiger partial charge in [0.25, 0.3) is 0 Å². The van der Waals surface area contributed by atoms with E-state index in [1.807, 2.05) is 24.4 Å². The zero-order valence-electron chi connectivity index (χ0n) is 18.5. The van der Waals surface area contributed by atoms with Crippen LogP contribution in [0.4, 0.5) is 5.69 Å². The van der Waals surface area contributed by atoms with Crippen LogP contribution in [0.25, 0.3) is 5.69 Å². The van der Waals surface area contributed by atoms with E-state index in [4.69, 9.17) is 12.2 Å². The second kappa shape index (κ2) is 8.24. The summed E-state index contributed by atoms with van der Waals surface area (Å²) in [5, 5.41) is 4.28. The summed E-state index contributed by atoms with van der Waals surface area (Å²) in [6.45, 7) is 6.50. The van der Waals surface area contributed by atoms with Crippen LogP contribution in [-0.4, -0.2) is 14.7 Å². The first-order valence-electron chi connectivity index (χ1n) is 10.9. The molecule has 1 aliphatic heterocycles. The van der Waals surface area contributed by atoms with Crippen LogP contribution in [0, 0.1) is 20.8 Å². The van der Waals surface area contributed by atoms with Gasteiger partial charge >= 0.3 is 0 Å². The molecule has 5 rings (SSSR count). The van der Waals surface area contributed by atoms with Gasteiger partial charge in [-0.15, -0.1) is 0 Å². The average molecular weight is 439 g/mol. The summed E-state index contributed by atoms with van der Waals surface area (Å²) in [6, 6.07) is 27.3. The van der Waals surface area contributed by atoms with Gasteiger partial charge in [-0.05, 0) is 86.6 Å². The molecule has 32 heavy (non-hydrogen) atoms. The van der Waals surface area contributed by atoms with E-state index in [1.165, 1.54) is 28.2 Å². The van der Waals surface area contributed by atoms with E-state index < -0.39 is 0 Å². The highest BCUT2D eigenvalue weighted by molar-refractivity contribution is 7.80. The highest BCUT2D eigenvalue weighted by Gasteiger charge is 2.42. The van der Waals surface area contributed by atoms with Crippen LogP contribution in [0.2, 0.25) is 0 Å². The third kappa shape index (κ3) is 3.49. The van der Waals surface area contributed by atoms with Crippen molar-refractivity contribution in [3.63, 3.8) is 0 Å². The molecule has 4 aromatic rings. The Balaban J connectivity index is 1.68. The first-order chi connectivity index (χ1) is 15.5. The van der Waals surface area contributed by atoms with Gasteiger partial charge in [0, 0.05) is 29.0 Å². The summed E-state index contributed by atoms with van der Waals surface area (Å²) in [7, 11) is 0. The highest BCUT2D eigenvalue weighted by atomic mass is 32.1. The normalized spacial score (nSPS) is 18.1. The Morgan fingerprint density at radius 2 is 1.59 bits per heavy atom. The monoisotopic (exact) mass is 438 g/mol. The number of aryl methyl sites for hydroxylation is 2. The molecule has 1 N–H and O–H groups in total. The second-order valence-corrected chi connectivity index (χ2v) is 8.72. The number of benzene rings is 2. The number of nitrogens with zero attached hydrogens (tertiary/aromatic N) is 3. The molecule has 0 aliphatic carbocycles. The van der Waals surface area contributed by atoms with Gasteiger partial charge in [-0.3, -0.25) is 4.98 Å². The van der Waals surface area contributed by atoms with Crippen LogP contribution in [0.5, 0.6) is 0 Å². The zero-order valence-corrected chi connectivity index (χ0v) is 19.3. The number of nitrogens with one attached hydrogen (secondary N) is 1. The quantitative estimate of drug-likeness (QED) is 0.398. The van der Waals surface area contributed by atoms with Gasteiger partial charge in [0.1, 0.15) is 0 Å². The van der Waals surface area contributed by atoms with Crippen molar-refractivity contribution in [2.75, 3.05) is 4.90 Å². The molecule has 2 aromatic heterocycles. The molecule has 2 atom stereocenters. The van der Waals surface area contributed by atoms with Crippen LogP contribution in [0.15, 0.2) is 85.1 Å². The van der Waals surface area contributed by atoms with Crippen molar-refractivity contribution in [2.24, 2.45) is 0 Å². The number of aromatic nitrogens is 2. The summed E-state index contributed by atoms with van der Waals surface area (Å²) < 4.78 is 2.34. The van der Waals surface area contributed by atoms with Gasteiger partial charge in [0.2, 0.25) is 0 Å². The lowest BCUT2D eigenvalue weighted by Gasteiger charge is -2.28. The summed E-state index contributed by atoms with van der Waals surface area (Å²) in [4.78, 5) is 6.91. The number of hydrogen-bond acceptors (Lipinski definition) is 2. The molecule has 0 bridgehead atoms. The topological polar surface area (TPSA) is 33.1 Å². The minimum atomic E-state index is -0.0460. The Kier molecular flexibility index (Phi) is 5.27. The molecule has 1 fully saturated rings. The zero-order chi connectivity index (χ0) is 22.2. The average Bonchev–Trinajstić information content (AvgIpc) is 3.30. The van der Waals surface area contributed by atoms with Crippen molar-refractivity contribution in [1.82, 2.24) is 14.9 Å². The smallest absolute Gasteiger partial charge is 0.174 e. The van der Waals surface area contributed by atoms with Gasteiger partial charge in [-0.1, -0.05) is 36.4 Å². The fourth-order valence-corrected chi connectivity index (χ4v) is 5.13. The Bertz CT molecular complexity index is 1260. The van der Waals surface area contributed by atoms with Crippen LogP contribution < -0.4 is 10.2 Å². The standard InChI is InChI=1S/C27H26N4S/c1-18-10-9-13-22(16-18)30-19(2)17-23(20(30)3)26-25(24-14-7-8-15-28-24)29-27(32)31(26)21-11-5-4-6-12-21/h4-17,25-26H,1-3H3,(H,29,32)/t25-,26-/m0/s1. The van der Waals surface area contributed by atoms with Crippen LogP contribution in [-0.2, 0) is 0 Å². The van der Waals surface area contributed by atoms with Crippen LogP contribution in [0.3, 0.4) is 0 Å². The molecule has 0 spiro atoms. The predicted octanol–water partition coefficient (Wildman–Crippen LogP) is 5.97. The van der Waals surface area contributed by atoms with E-state index in [0.717, 1.165) is 16.5 Å². The Morgan fingerprint density at radius 3 is 2.31 bits per heavy atom. The lowest BCUT2D eigenvalue weighted by atomic mass is 9.96. The van der Waals surface area contributed by atoms with Crippen molar-refractivity contribution in [2.45, 2.75) is 32.9 Å². The first-order valence-corrected chi connectivity index (χ1v) is 11.3. The van der Waals surface area contributed by atoms with Gasteiger partial charge in [0.05, 0.1) is 17.8 Å². The fraction of sp³-hybridized carbons (Fsp3) is 0.185. The summed E-state index contributed by atoms with van der Waals surface area (Å²) in [6.07, 6.45) is 1.85. The Labute approximate surface area is 194 Å². The van der Waals surface area contributed by atoms with Gasteiger partial charge in [0.15, 0.2) is 5.11 Å². The molecular weight excluding hydrogens is 412 g/mol. The van der Waals surface area contributed by atoms with E-state index >= 15 is 0 Å². The van der Waals surface area contributed by atoms with Crippen LogP contribution >= 0.6 is 12.2 Å². The molecule has 0 amide bonds. The maximum absolute atomic E-state index is 5.85. The minimum Gasteiger partial charge on any atom is -0.351 e. The fourth-order valence-electron chi connectivity index (χ4n) is 4.79. The molecule has 0 radical (unpaired) electrons. The Morgan fingerprint density at radius 1 is 0.844 bits per heavy atom. The highest BCUT2D eigenvalue weighted by Crippen LogP contribution is 2.43. The van der Waals surface area contributed by atoms with Crippen molar-refractivity contribution < 1.29 is 0 Å².